The minimum atomic E-state index is -0.738. The Labute approximate surface area is 71.8 Å². The molecule has 0 radical (unpaired) electrons. The number of hydrogen-bond acceptors (Lipinski definition) is 2. The fourth-order valence-electron chi connectivity index (χ4n) is 1.73. The zero-order valence-corrected chi connectivity index (χ0v) is 7.30. The summed E-state index contributed by atoms with van der Waals surface area (Å²) in [6, 6.07) is 0. The molecule has 0 saturated heterocycles. The van der Waals surface area contributed by atoms with Gasteiger partial charge in [-0.3, -0.25) is 9.59 Å². The molecule has 12 heavy (non-hydrogen) atoms. The second kappa shape index (κ2) is 3.25. The van der Waals surface area contributed by atoms with Crippen molar-refractivity contribution in [2.45, 2.75) is 39.0 Å². The lowest BCUT2D eigenvalue weighted by Crippen LogP contribution is -2.34. The van der Waals surface area contributed by atoms with Crippen LogP contribution in [0.3, 0.4) is 0 Å². The molecule has 0 spiro atoms. The summed E-state index contributed by atoms with van der Waals surface area (Å²) >= 11 is 0. The van der Waals surface area contributed by atoms with Gasteiger partial charge in [0.2, 0.25) is 0 Å². The van der Waals surface area contributed by atoms with Gasteiger partial charge in [0.25, 0.3) is 0 Å². The van der Waals surface area contributed by atoms with Crippen LogP contribution in [0.15, 0.2) is 0 Å². The summed E-state index contributed by atoms with van der Waals surface area (Å²) in [6.45, 7) is 1.88. The van der Waals surface area contributed by atoms with Crippen molar-refractivity contribution in [1.29, 1.82) is 0 Å². The van der Waals surface area contributed by atoms with Crippen molar-refractivity contribution >= 4 is 11.8 Å². The van der Waals surface area contributed by atoms with Crippen molar-refractivity contribution in [2.75, 3.05) is 0 Å². The Balaban J connectivity index is 2.69. The van der Waals surface area contributed by atoms with E-state index >= 15 is 0 Å². The molecule has 3 heteroatoms. The summed E-state index contributed by atoms with van der Waals surface area (Å²) in [5, 5.41) is 8.96. The Kier molecular flexibility index (Phi) is 2.50. The van der Waals surface area contributed by atoms with Gasteiger partial charge in [0.1, 0.15) is 5.78 Å². The first-order valence-electron chi connectivity index (χ1n) is 4.36. The van der Waals surface area contributed by atoms with E-state index in [0.717, 1.165) is 0 Å². The lowest BCUT2D eigenvalue weighted by Gasteiger charge is -2.31. The van der Waals surface area contributed by atoms with E-state index in [1.165, 1.54) is 0 Å². The number of aliphatic carboxylic acids is 1. The molecule has 0 aromatic rings. The van der Waals surface area contributed by atoms with Crippen molar-refractivity contribution in [1.82, 2.24) is 0 Å². The van der Waals surface area contributed by atoms with E-state index < -0.39 is 11.4 Å². The quantitative estimate of drug-likeness (QED) is 0.685. The van der Waals surface area contributed by atoms with Crippen LogP contribution in [0, 0.1) is 5.41 Å². The molecule has 0 aliphatic heterocycles. The molecule has 68 valence electrons. The molecule has 1 aliphatic carbocycles. The van der Waals surface area contributed by atoms with Gasteiger partial charge < -0.3 is 5.11 Å². The highest BCUT2D eigenvalue weighted by molar-refractivity contribution is 5.83. The van der Waals surface area contributed by atoms with Crippen LogP contribution in [0.2, 0.25) is 0 Å². The minimum absolute atomic E-state index is 0.209. The van der Waals surface area contributed by atoms with Gasteiger partial charge in [-0.25, -0.2) is 0 Å². The zero-order valence-electron chi connectivity index (χ0n) is 7.30. The van der Waals surface area contributed by atoms with Crippen LogP contribution in [0.4, 0.5) is 0 Å². The van der Waals surface area contributed by atoms with Crippen LogP contribution in [0.25, 0.3) is 0 Å². The van der Waals surface area contributed by atoms with Crippen LogP contribution in [-0.2, 0) is 9.59 Å². The highest BCUT2D eigenvalue weighted by Gasteiger charge is 2.39. The molecule has 0 aromatic carbocycles. The summed E-state index contributed by atoms with van der Waals surface area (Å²) < 4.78 is 0. The summed E-state index contributed by atoms with van der Waals surface area (Å²) in [5.41, 5.74) is -0.603. The molecule has 1 N–H and O–H groups in total. The molecular weight excluding hydrogens is 156 g/mol. The SMILES string of the molecule is CCC1(C(=O)O)CCC(=O)CC1. The predicted molar refractivity (Wildman–Crippen MR) is 43.8 cm³/mol. The lowest BCUT2D eigenvalue weighted by atomic mass is 9.72. The first-order valence-corrected chi connectivity index (χ1v) is 4.36. The van der Waals surface area contributed by atoms with Gasteiger partial charge in [0.15, 0.2) is 0 Å². The molecule has 0 bridgehead atoms. The number of carbonyl (C=O) groups is 2. The summed E-state index contributed by atoms with van der Waals surface area (Å²) in [6.07, 6.45) is 2.57. The van der Waals surface area contributed by atoms with Gasteiger partial charge in [0.05, 0.1) is 5.41 Å². The smallest absolute Gasteiger partial charge is 0.309 e. The van der Waals surface area contributed by atoms with Crippen LogP contribution in [0.5, 0.6) is 0 Å². The first kappa shape index (κ1) is 9.23. The van der Waals surface area contributed by atoms with Crippen LogP contribution in [-0.4, -0.2) is 16.9 Å². The van der Waals surface area contributed by atoms with E-state index in [1.807, 2.05) is 6.92 Å². The van der Waals surface area contributed by atoms with E-state index in [2.05, 4.69) is 0 Å². The van der Waals surface area contributed by atoms with Crippen molar-refractivity contribution in [3.05, 3.63) is 0 Å². The monoisotopic (exact) mass is 170 g/mol. The fourth-order valence-corrected chi connectivity index (χ4v) is 1.73. The molecule has 0 heterocycles. The van der Waals surface area contributed by atoms with Crippen molar-refractivity contribution in [3.63, 3.8) is 0 Å². The second-order valence-electron chi connectivity index (χ2n) is 3.48. The van der Waals surface area contributed by atoms with Crippen molar-refractivity contribution < 1.29 is 14.7 Å². The topological polar surface area (TPSA) is 54.4 Å². The Morgan fingerprint density at radius 2 is 2.00 bits per heavy atom. The van der Waals surface area contributed by atoms with Gasteiger partial charge in [-0.05, 0) is 19.3 Å². The number of rotatable bonds is 2. The Bertz CT molecular complexity index is 198. The summed E-state index contributed by atoms with van der Waals surface area (Å²) in [4.78, 5) is 21.8. The largest absolute Gasteiger partial charge is 0.481 e. The maximum absolute atomic E-state index is 10.9. The van der Waals surface area contributed by atoms with Gasteiger partial charge in [-0.1, -0.05) is 6.92 Å². The molecule has 3 nitrogen and oxygen atoms in total. The third-order valence-corrected chi connectivity index (χ3v) is 2.90. The Morgan fingerprint density at radius 3 is 2.33 bits per heavy atom. The molecule has 1 rings (SSSR count). The third kappa shape index (κ3) is 1.49. The molecular formula is C9H14O3. The van der Waals surface area contributed by atoms with Crippen molar-refractivity contribution in [3.8, 4) is 0 Å². The van der Waals surface area contributed by atoms with Gasteiger partial charge in [-0.15, -0.1) is 0 Å². The molecule has 0 unspecified atom stereocenters. The number of ketones is 1. The molecule has 0 atom stereocenters. The molecule has 1 saturated carbocycles. The fraction of sp³-hybridized carbons (Fsp3) is 0.778. The van der Waals surface area contributed by atoms with Crippen LogP contribution < -0.4 is 0 Å². The molecule has 0 amide bonds. The Morgan fingerprint density at radius 1 is 1.50 bits per heavy atom. The maximum Gasteiger partial charge on any atom is 0.309 e. The van der Waals surface area contributed by atoms with Gasteiger partial charge in [0, 0.05) is 12.8 Å². The molecule has 1 aliphatic rings. The van der Waals surface area contributed by atoms with E-state index in [4.69, 9.17) is 5.11 Å². The lowest BCUT2D eigenvalue weighted by molar-refractivity contribution is -0.152. The highest BCUT2D eigenvalue weighted by atomic mass is 16.4. The number of hydrogen-bond donors (Lipinski definition) is 1. The molecule has 0 aromatic heterocycles. The Hall–Kier alpha value is -0.860. The number of carbonyl (C=O) groups excluding carboxylic acids is 1. The average Bonchev–Trinajstić information content (AvgIpc) is 2.06. The van der Waals surface area contributed by atoms with Gasteiger partial charge in [-0.2, -0.15) is 0 Å². The van der Waals surface area contributed by atoms with E-state index in [1.54, 1.807) is 0 Å². The van der Waals surface area contributed by atoms with Gasteiger partial charge >= 0.3 is 5.97 Å². The highest BCUT2D eigenvalue weighted by Crippen LogP contribution is 2.37. The number of carboxylic acids is 1. The first-order chi connectivity index (χ1) is 5.60. The standard InChI is InChI=1S/C9H14O3/c1-2-9(8(11)12)5-3-7(10)4-6-9/h2-6H2,1H3,(H,11,12). The maximum atomic E-state index is 10.9. The minimum Gasteiger partial charge on any atom is -0.481 e. The second-order valence-corrected chi connectivity index (χ2v) is 3.48. The zero-order chi connectivity index (χ0) is 9.19. The normalized spacial score (nSPS) is 22.2. The third-order valence-electron chi connectivity index (χ3n) is 2.90. The average molecular weight is 170 g/mol. The van der Waals surface area contributed by atoms with E-state index in [0.29, 0.717) is 32.1 Å². The summed E-state index contributed by atoms with van der Waals surface area (Å²) in [7, 11) is 0. The number of carboxylic acid groups (broad SMARTS) is 1. The van der Waals surface area contributed by atoms with Crippen molar-refractivity contribution in [2.24, 2.45) is 5.41 Å². The number of Topliss-reactive ketones (excluding diaryl/α,β-unsaturated/α-hetero) is 1. The summed E-state index contributed by atoms with van der Waals surface area (Å²) in [5.74, 6) is -0.530. The predicted octanol–water partition coefficient (Wildman–Crippen LogP) is 1.61. The molecule has 1 fully saturated rings. The van der Waals surface area contributed by atoms with E-state index in [9.17, 15) is 9.59 Å². The van der Waals surface area contributed by atoms with Crippen LogP contribution in [0.1, 0.15) is 39.0 Å². The van der Waals surface area contributed by atoms with Crippen LogP contribution >= 0.6 is 0 Å². The van der Waals surface area contributed by atoms with E-state index in [-0.39, 0.29) is 5.78 Å².